The molecule has 9 nitrogen and oxygen atoms in total. The lowest BCUT2D eigenvalue weighted by atomic mass is 10.0. The van der Waals surface area contributed by atoms with Crippen molar-refractivity contribution in [3.05, 3.63) is 40.6 Å². The molecule has 0 amide bonds. The number of fused-ring (bicyclic) bond motifs is 1. The molecule has 3 N–H and O–H groups in total. The van der Waals surface area contributed by atoms with Gasteiger partial charge in [-0.05, 0) is 19.8 Å². The third-order valence-electron chi connectivity index (χ3n) is 4.48. The molecule has 4 heterocycles. The van der Waals surface area contributed by atoms with Crippen LogP contribution in [0.3, 0.4) is 0 Å². The van der Waals surface area contributed by atoms with Gasteiger partial charge in [0, 0.05) is 31.7 Å². The largest absolute Gasteiger partial charge is 0.355 e. The Bertz CT molecular complexity index is 925. The van der Waals surface area contributed by atoms with Crippen LogP contribution in [-0.4, -0.2) is 49.0 Å². The summed E-state index contributed by atoms with van der Waals surface area (Å²) in [5.41, 5.74) is 2.25. The second-order valence-corrected chi connectivity index (χ2v) is 6.26. The van der Waals surface area contributed by atoms with Crippen LogP contribution in [0.5, 0.6) is 0 Å². The van der Waals surface area contributed by atoms with Crippen molar-refractivity contribution >= 4 is 17.0 Å². The third kappa shape index (κ3) is 3.36. The fraction of sp³-hybridized carbons (Fsp3) is 0.438. The summed E-state index contributed by atoms with van der Waals surface area (Å²) in [5, 5.41) is 3.50. The second kappa shape index (κ2) is 6.60. The molecule has 1 aliphatic heterocycles. The van der Waals surface area contributed by atoms with Gasteiger partial charge < -0.3 is 20.2 Å². The van der Waals surface area contributed by atoms with Crippen molar-refractivity contribution in [3.63, 3.8) is 0 Å². The van der Waals surface area contributed by atoms with Gasteiger partial charge in [-0.25, -0.2) is 19.9 Å². The van der Waals surface area contributed by atoms with Crippen molar-refractivity contribution < 1.29 is 0 Å². The summed E-state index contributed by atoms with van der Waals surface area (Å²) in [6.07, 6.45) is 5.21. The van der Waals surface area contributed by atoms with Crippen molar-refractivity contribution in [2.75, 3.05) is 18.0 Å². The minimum Gasteiger partial charge on any atom is -0.355 e. The van der Waals surface area contributed by atoms with Gasteiger partial charge >= 0.3 is 0 Å². The molecule has 4 rings (SSSR count). The third-order valence-corrected chi connectivity index (χ3v) is 4.48. The quantitative estimate of drug-likeness (QED) is 0.633. The Morgan fingerprint density at radius 3 is 2.92 bits per heavy atom. The lowest BCUT2D eigenvalue weighted by Crippen LogP contribution is -2.42. The highest BCUT2D eigenvalue weighted by atomic mass is 16.1. The van der Waals surface area contributed by atoms with E-state index < -0.39 is 0 Å². The molecule has 3 aromatic heterocycles. The molecule has 0 radical (unpaired) electrons. The molecule has 3 aromatic rings. The van der Waals surface area contributed by atoms with Crippen LogP contribution in [-0.2, 0) is 6.54 Å². The molecule has 0 unspecified atom stereocenters. The Morgan fingerprint density at radius 1 is 1.28 bits per heavy atom. The molecule has 1 aliphatic rings. The smallest absolute Gasteiger partial charge is 0.251 e. The maximum Gasteiger partial charge on any atom is 0.251 e. The fourth-order valence-electron chi connectivity index (χ4n) is 3.27. The predicted octanol–water partition coefficient (Wildman–Crippen LogP) is 0.503. The topological polar surface area (TPSA) is 115 Å². The molecule has 130 valence electrons. The first-order valence-corrected chi connectivity index (χ1v) is 8.38. The Labute approximate surface area is 143 Å². The molecule has 9 heteroatoms. The van der Waals surface area contributed by atoms with E-state index in [4.69, 9.17) is 0 Å². The van der Waals surface area contributed by atoms with Crippen LogP contribution in [0.15, 0.2) is 23.5 Å². The number of H-pyrrole nitrogens is 2. The van der Waals surface area contributed by atoms with Gasteiger partial charge in [0.2, 0.25) is 0 Å². The number of nitrogens with zero attached hydrogens (tertiary/aromatic N) is 5. The van der Waals surface area contributed by atoms with E-state index in [0.717, 1.165) is 43.0 Å². The molecule has 0 spiro atoms. The minimum absolute atomic E-state index is 0.105. The van der Waals surface area contributed by atoms with Gasteiger partial charge in [0.25, 0.3) is 5.56 Å². The van der Waals surface area contributed by atoms with Gasteiger partial charge in [-0.1, -0.05) is 0 Å². The average molecular weight is 340 g/mol. The SMILES string of the molecule is Cc1nc(CNC2CCN(c3ncnc4nc[nH]c34)CC2)cc(=O)[nH]1. The Hall–Kier alpha value is -2.81. The summed E-state index contributed by atoms with van der Waals surface area (Å²) in [6, 6.07) is 1.95. The highest BCUT2D eigenvalue weighted by molar-refractivity contribution is 5.82. The zero-order valence-electron chi connectivity index (χ0n) is 14.0. The summed E-state index contributed by atoms with van der Waals surface area (Å²) in [5.74, 6) is 1.55. The highest BCUT2D eigenvalue weighted by Crippen LogP contribution is 2.23. The standard InChI is InChI=1S/C16H20N8O/c1-10-22-12(6-13(25)23-10)7-17-11-2-4-24(5-3-11)16-14-15(19-8-18-14)20-9-21-16/h6,8-9,11,17H,2-5,7H2,1H3,(H,22,23,25)(H,18,19,20,21). The Balaban J connectivity index is 1.37. The molecular formula is C16H20N8O. The summed E-state index contributed by atoms with van der Waals surface area (Å²) in [6.45, 7) is 4.21. The van der Waals surface area contributed by atoms with Gasteiger partial charge in [0.15, 0.2) is 11.5 Å². The van der Waals surface area contributed by atoms with Crippen LogP contribution in [0.2, 0.25) is 0 Å². The maximum absolute atomic E-state index is 11.5. The molecule has 0 saturated carbocycles. The molecule has 25 heavy (non-hydrogen) atoms. The predicted molar refractivity (Wildman–Crippen MR) is 93.4 cm³/mol. The lowest BCUT2D eigenvalue weighted by molar-refractivity contribution is 0.410. The lowest BCUT2D eigenvalue weighted by Gasteiger charge is -2.33. The molecular weight excluding hydrogens is 320 g/mol. The van der Waals surface area contributed by atoms with Crippen molar-refractivity contribution in [1.82, 2.24) is 35.2 Å². The number of rotatable bonds is 4. The summed E-state index contributed by atoms with van der Waals surface area (Å²) >= 11 is 0. The van der Waals surface area contributed by atoms with Crippen LogP contribution in [0, 0.1) is 6.92 Å². The minimum atomic E-state index is -0.105. The van der Waals surface area contributed by atoms with E-state index in [1.165, 1.54) is 0 Å². The van der Waals surface area contributed by atoms with E-state index in [2.05, 4.69) is 40.1 Å². The van der Waals surface area contributed by atoms with Crippen molar-refractivity contribution in [3.8, 4) is 0 Å². The van der Waals surface area contributed by atoms with Crippen LogP contribution in [0.1, 0.15) is 24.4 Å². The van der Waals surface area contributed by atoms with E-state index in [1.54, 1.807) is 25.6 Å². The Kier molecular flexibility index (Phi) is 4.14. The first-order chi connectivity index (χ1) is 12.2. The highest BCUT2D eigenvalue weighted by Gasteiger charge is 2.22. The van der Waals surface area contributed by atoms with E-state index in [9.17, 15) is 4.79 Å². The van der Waals surface area contributed by atoms with E-state index in [0.29, 0.717) is 24.1 Å². The summed E-state index contributed by atoms with van der Waals surface area (Å²) in [7, 11) is 0. The summed E-state index contributed by atoms with van der Waals surface area (Å²) < 4.78 is 0. The van der Waals surface area contributed by atoms with Gasteiger partial charge in [-0.15, -0.1) is 0 Å². The van der Waals surface area contributed by atoms with E-state index >= 15 is 0 Å². The number of hydrogen-bond donors (Lipinski definition) is 3. The number of nitrogens with one attached hydrogen (secondary N) is 3. The number of piperidine rings is 1. The van der Waals surface area contributed by atoms with Crippen molar-refractivity contribution in [2.24, 2.45) is 0 Å². The fourth-order valence-corrected chi connectivity index (χ4v) is 3.27. The van der Waals surface area contributed by atoms with E-state index in [1.807, 2.05) is 0 Å². The molecule has 0 atom stereocenters. The average Bonchev–Trinajstić information content (AvgIpc) is 3.08. The molecule has 0 aliphatic carbocycles. The number of anilines is 1. The monoisotopic (exact) mass is 340 g/mol. The normalized spacial score (nSPS) is 15.8. The van der Waals surface area contributed by atoms with Gasteiger partial charge in [-0.2, -0.15) is 0 Å². The van der Waals surface area contributed by atoms with Crippen LogP contribution < -0.4 is 15.8 Å². The first kappa shape index (κ1) is 15.7. The summed E-state index contributed by atoms with van der Waals surface area (Å²) in [4.78, 5) is 36.7. The number of imidazole rings is 1. The molecule has 0 bridgehead atoms. The zero-order valence-corrected chi connectivity index (χ0v) is 14.0. The second-order valence-electron chi connectivity index (χ2n) is 6.26. The van der Waals surface area contributed by atoms with Crippen molar-refractivity contribution in [2.45, 2.75) is 32.4 Å². The van der Waals surface area contributed by atoms with Gasteiger partial charge in [0.05, 0.1) is 12.0 Å². The molecule has 1 saturated heterocycles. The zero-order chi connectivity index (χ0) is 17.2. The number of aromatic nitrogens is 6. The molecule has 0 aromatic carbocycles. The van der Waals surface area contributed by atoms with Crippen LogP contribution in [0.25, 0.3) is 11.2 Å². The molecule has 1 fully saturated rings. The van der Waals surface area contributed by atoms with Gasteiger partial charge in [0.1, 0.15) is 17.7 Å². The van der Waals surface area contributed by atoms with Crippen molar-refractivity contribution in [1.29, 1.82) is 0 Å². The van der Waals surface area contributed by atoms with Gasteiger partial charge in [-0.3, -0.25) is 4.79 Å². The maximum atomic E-state index is 11.5. The van der Waals surface area contributed by atoms with Crippen LogP contribution in [0.4, 0.5) is 5.82 Å². The number of aromatic amines is 2. The number of aryl methyl sites for hydroxylation is 1. The first-order valence-electron chi connectivity index (χ1n) is 8.38. The number of hydrogen-bond acceptors (Lipinski definition) is 7. The Morgan fingerprint density at radius 2 is 2.12 bits per heavy atom. The van der Waals surface area contributed by atoms with E-state index in [-0.39, 0.29) is 5.56 Å². The van der Waals surface area contributed by atoms with Crippen LogP contribution >= 0.6 is 0 Å².